The van der Waals surface area contributed by atoms with Crippen LogP contribution in [0.3, 0.4) is 0 Å². The Labute approximate surface area is 152 Å². The molecule has 27 heavy (non-hydrogen) atoms. The summed E-state index contributed by atoms with van der Waals surface area (Å²) >= 11 is 0. The largest absolute Gasteiger partial charge is 0.507 e. The van der Waals surface area contributed by atoms with Gasteiger partial charge in [0.15, 0.2) is 11.6 Å². The molecule has 1 unspecified atom stereocenters. The third kappa shape index (κ3) is 3.23. The fourth-order valence-corrected chi connectivity index (χ4v) is 3.07. The van der Waals surface area contributed by atoms with Crippen LogP contribution in [-0.2, 0) is 14.3 Å². The fraction of sp³-hybridized carbons (Fsp3) is 0.150. The van der Waals surface area contributed by atoms with E-state index in [2.05, 4.69) is 4.74 Å². The molecular formula is C20H14F2O5. The number of hydrogen-bond acceptors (Lipinski definition) is 5. The lowest BCUT2D eigenvalue weighted by Gasteiger charge is -2.24. The molecule has 5 nitrogen and oxygen atoms in total. The molecule has 0 fully saturated rings. The molecule has 1 N–H and O–H groups in total. The average Bonchev–Trinajstić information content (AvgIpc) is 2.67. The highest BCUT2D eigenvalue weighted by Gasteiger charge is 2.38. The molecule has 138 valence electrons. The van der Waals surface area contributed by atoms with Crippen molar-refractivity contribution in [1.82, 2.24) is 0 Å². The van der Waals surface area contributed by atoms with Crippen LogP contribution in [0.25, 0.3) is 5.76 Å². The second-order valence-corrected chi connectivity index (χ2v) is 5.97. The number of carbonyl (C=O) groups is 3. The van der Waals surface area contributed by atoms with Gasteiger partial charge in [-0.05, 0) is 17.7 Å². The number of halogens is 2. The molecule has 1 aliphatic carbocycles. The smallest absolute Gasteiger partial charge is 0.306 e. The number of aliphatic hydroxyl groups is 1. The highest BCUT2D eigenvalue weighted by molar-refractivity contribution is 6.52. The molecule has 1 atom stereocenters. The molecule has 0 saturated heterocycles. The van der Waals surface area contributed by atoms with E-state index in [4.69, 9.17) is 0 Å². The second kappa shape index (κ2) is 7.11. The van der Waals surface area contributed by atoms with Crippen LogP contribution in [0.2, 0.25) is 0 Å². The predicted octanol–water partition coefficient (Wildman–Crippen LogP) is 3.35. The summed E-state index contributed by atoms with van der Waals surface area (Å²) in [5.74, 6) is -6.56. The highest BCUT2D eigenvalue weighted by atomic mass is 19.2. The molecule has 2 aromatic rings. The van der Waals surface area contributed by atoms with Crippen LogP contribution in [0, 0.1) is 11.6 Å². The minimum Gasteiger partial charge on any atom is -0.507 e. The minimum absolute atomic E-state index is 0.0332. The van der Waals surface area contributed by atoms with Gasteiger partial charge in [-0.2, -0.15) is 0 Å². The first-order valence-electron chi connectivity index (χ1n) is 7.98. The molecule has 0 aliphatic heterocycles. The van der Waals surface area contributed by atoms with E-state index < -0.39 is 47.3 Å². The van der Waals surface area contributed by atoms with Crippen molar-refractivity contribution < 1.29 is 33.0 Å². The van der Waals surface area contributed by atoms with Crippen LogP contribution in [0.15, 0.2) is 48.0 Å². The molecule has 0 bridgehead atoms. The van der Waals surface area contributed by atoms with Crippen molar-refractivity contribution in [1.29, 1.82) is 0 Å². The number of allylic oxidation sites excluding steroid dienone is 1. The average molecular weight is 372 g/mol. The van der Waals surface area contributed by atoms with E-state index in [9.17, 15) is 28.3 Å². The number of benzene rings is 2. The third-order valence-corrected chi connectivity index (χ3v) is 4.43. The van der Waals surface area contributed by atoms with E-state index in [1.54, 1.807) is 12.1 Å². The molecular weight excluding hydrogens is 358 g/mol. The monoisotopic (exact) mass is 372 g/mol. The number of aliphatic hydroxyl groups excluding tert-OH is 1. The SMILES string of the molecule is COC(=O)CC(C1=C(O)c2ccccc2C(=O)C1=O)c1ccc(F)c(F)c1. The molecule has 0 aromatic heterocycles. The number of fused-ring (bicyclic) bond motifs is 1. The summed E-state index contributed by atoms with van der Waals surface area (Å²) in [4.78, 5) is 36.9. The van der Waals surface area contributed by atoms with Gasteiger partial charge in [0, 0.05) is 17.0 Å². The topological polar surface area (TPSA) is 80.7 Å². The molecule has 3 rings (SSSR count). The third-order valence-electron chi connectivity index (χ3n) is 4.43. The summed E-state index contributed by atoms with van der Waals surface area (Å²) in [6, 6.07) is 8.82. The summed E-state index contributed by atoms with van der Waals surface area (Å²) < 4.78 is 31.6. The quantitative estimate of drug-likeness (QED) is 0.658. The Hall–Kier alpha value is -3.35. The Morgan fingerprint density at radius 3 is 2.33 bits per heavy atom. The van der Waals surface area contributed by atoms with Gasteiger partial charge in [0.1, 0.15) is 5.76 Å². The lowest BCUT2D eigenvalue weighted by Crippen LogP contribution is -2.28. The summed E-state index contributed by atoms with van der Waals surface area (Å²) in [5.41, 5.74) is -0.128. The van der Waals surface area contributed by atoms with Crippen LogP contribution in [0.5, 0.6) is 0 Å². The Morgan fingerprint density at radius 2 is 1.70 bits per heavy atom. The Balaban J connectivity index is 2.22. The van der Waals surface area contributed by atoms with Crippen molar-refractivity contribution in [3.05, 3.63) is 76.4 Å². The summed E-state index contributed by atoms with van der Waals surface area (Å²) in [5, 5.41) is 10.6. The van der Waals surface area contributed by atoms with Gasteiger partial charge in [0.25, 0.3) is 0 Å². The van der Waals surface area contributed by atoms with E-state index >= 15 is 0 Å². The maximum absolute atomic E-state index is 13.7. The van der Waals surface area contributed by atoms with Gasteiger partial charge in [-0.25, -0.2) is 8.78 Å². The molecule has 0 saturated carbocycles. The normalized spacial score (nSPS) is 14.8. The summed E-state index contributed by atoms with van der Waals surface area (Å²) in [7, 11) is 1.13. The van der Waals surface area contributed by atoms with E-state index in [1.807, 2.05) is 0 Å². The van der Waals surface area contributed by atoms with Gasteiger partial charge in [-0.1, -0.05) is 30.3 Å². The first kappa shape index (κ1) is 18.4. The van der Waals surface area contributed by atoms with Crippen molar-refractivity contribution >= 4 is 23.3 Å². The molecule has 0 amide bonds. The zero-order valence-corrected chi connectivity index (χ0v) is 14.2. The Morgan fingerprint density at radius 1 is 1.04 bits per heavy atom. The summed E-state index contributed by atoms with van der Waals surface area (Å²) in [6.07, 6.45) is -0.442. The Kier molecular flexibility index (Phi) is 4.85. The van der Waals surface area contributed by atoms with E-state index in [0.717, 1.165) is 19.2 Å². The van der Waals surface area contributed by atoms with Crippen molar-refractivity contribution in [2.45, 2.75) is 12.3 Å². The van der Waals surface area contributed by atoms with E-state index in [0.29, 0.717) is 0 Å². The van der Waals surface area contributed by atoms with Crippen molar-refractivity contribution in [2.75, 3.05) is 7.11 Å². The molecule has 0 radical (unpaired) electrons. The number of Topliss-reactive ketones (excluding diaryl/α,β-unsaturated/α-hetero) is 2. The number of ether oxygens (including phenoxy) is 1. The van der Waals surface area contributed by atoms with Crippen LogP contribution in [0.1, 0.15) is 33.8 Å². The second-order valence-electron chi connectivity index (χ2n) is 5.97. The zero-order chi connectivity index (χ0) is 19.7. The van der Waals surface area contributed by atoms with Crippen molar-refractivity contribution in [3.63, 3.8) is 0 Å². The number of methoxy groups -OCH3 is 1. The number of hydrogen-bond donors (Lipinski definition) is 1. The zero-order valence-electron chi connectivity index (χ0n) is 14.2. The summed E-state index contributed by atoms with van der Waals surface area (Å²) in [6.45, 7) is 0. The van der Waals surface area contributed by atoms with Crippen LogP contribution in [0.4, 0.5) is 8.78 Å². The van der Waals surface area contributed by atoms with Gasteiger partial charge in [0.05, 0.1) is 19.1 Å². The molecule has 0 spiro atoms. The van der Waals surface area contributed by atoms with Crippen LogP contribution >= 0.6 is 0 Å². The predicted molar refractivity (Wildman–Crippen MR) is 91.1 cm³/mol. The van der Waals surface area contributed by atoms with Gasteiger partial charge < -0.3 is 9.84 Å². The number of rotatable bonds is 4. The Bertz CT molecular complexity index is 994. The van der Waals surface area contributed by atoms with Crippen LogP contribution in [-0.4, -0.2) is 29.8 Å². The maximum atomic E-state index is 13.7. The fourth-order valence-electron chi connectivity index (χ4n) is 3.07. The van der Waals surface area contributed by atoms with Gasteiger partial charge in [-0.15, -0.1) is 0 Å². The van der Waals surface area contributed by atoms with Gasteiger partial charge in [-0.3, -0.25) is 14.4 Å². The molecule has 1 aliphatic rings. The first-order chi connectivity index (χ1) is 12.8. The first-order valence-corrected chi connectivity index (χ1v) is 7.98. The van der Waals surface area contributed by atoms with Crippen LogP contribution < -0.4 is 0 Å². The van der Waals surface area contributed by atoms with Gasteiger partial charge >= 0.3 is 5.97 Å². The number of ketones is 2. The lowest BCUT2D eigenvalue weighted by molar-refractivity contribution is -0.140. The molecule has 7 heteroatoms. The maximum Gasteiger partial charge on any atom is 0.306 e. The minimum atomic E-state index is -1.18. The number of carbonyl (C=O) groups excluding carboxylic acids is 3. The molecule has 2 aromatic carbocycles. The standard InChI is InChI=1S/C20H14F2O5/c1-27-16(23)9-13(10-6-7-14(21)15(22)8-10)17-18(24)11-4-2-3-5-12(11)19(25)20(17)26/h2-8,13,24H,9H2,1H3. The van der Waals surface area contributed by atoms with Crippen molar-refractivity contribution in [2.24, 2.45) is 0 Å². The number of esters is 1. The van der Waals surface area contributed by atoms with E-state index in [1.165, 1.54) is 18.2 Å². The van der Waals surface area contributed by atoms with E-state index in [-0.39, 0.29) is 22.3 Å². The van der Waals surface area contributed by atoms with Crippen molar-refractivity contribution in [3.8, 4) is 0 Å². The van der Waals surface area contributed by atoms with Gasteiger partial charge in [0.2, 0.25) is 11.6 Å². The highest BCUT2D eigenvalue weighted by Crippen LogP contribution is 2.38. The lowest BCUT2D eigenvalue weighted by atomic mass is 9.78. The molecule has 0 heterocycles.